The van der Waals surface area contributed by atoms with Crippen LogP contribution in [0, 0.1) is 6.92 Å². The molecule has 1 rings (SSSR count). The summed E-state index contributed by atoms with van der Waals surface area (Å²) in [6.45, 7) is 11.8. The number of hydrogen-bond acceptors (Lipinski definition) is 2. The van der Waals surface area contributed by atoms with Crippen molar-refractivity contribution in [3.63, 3.8) is 0 Å². The summed E-state index contributed by atoms with van der Waals surface area (Å²) in [4.78, 5) is 0. The van der Waals surface area contributed by atoms with Crippen LogP contribution in [0.1, 0.15) is 46.1 Å². The maximum Gasteiger partial charge on any atom is 0.122 e. The summed E-state index contributed by atoms with van der Waals surface area (Å²) in [5, 5.41) is 3.50. The van der Waals surface area contributed by atoms with E-state index in [1.807, 2.05) is 12.1 Å². The summed E-state index contributed by atoms with van der Waals surface area (Å²) in [5.41, 5.74) is 1.38. The third-order valence-corrected chi connectivity index (χ3v) is 3.40. The Morgan fingerprint density at radius 2 is 2.00 bits per heavy atom. The van der Waals surface area contributed by atoms with Gasteiger partial charge in [0.1, 0.15) is 5.75 Å². The van der Waals surface area contributed by atoms with Crippen molar-refractivity contribution in [3.05, 3.63) is 28.2 Å². The van der Waals surface area contributed by atoms with Crippen molar-refractivity contribution in [2.45, 2.75) is 59.1 Å². The third-order valence-electron chi connectivity index (χ3n) is 2.91. The second kappa shape index (κ2) is 7.30. The van der Waals surface area contributed by atoms with Gasteiger partial charge >= 0.3 is 0 Å². The van der Waals surface area contributed by atoms with Crippen molar-refractivity contribution in [3.8, 4) is 5.75 Å². The molecule has 0 fully saturated rings. The normalized spacial score (nSPS) is 13.4. The van der Waals surface area contributed by atoms with Crippen LogP contribution >= 0.6 is 15.9 Å². The molecule has 0 heterocycles. The van der Waals surface area contributed by atoms with Crippen LogP contribution in [0.15, 0.2) is 22.7 Å². The van der Waals surface area contributed by atoms with Crippen molar-refractivity contribution in [1.29, 1.82) is 0 Å². The number of hydrogen-bond donors (Lipinski definition) is 1. The molecule has 2 nitrogen and oxygen atoms in total. The summed E-state index contributed by atoms with van der Waals surface area (Å²) >= 11 is 3.47. The van der Waals surface area contributed by atoms with E-state index in [2.05, 4.69) is 61.9 Å². The second-order valence-electron chi connectivity index (χ2n) is 6.16. The molecular weight excluding hydrogens is 302 g/mol. The van der Waals surface area contributed by atoms with E-state index in [4.69, 9.17) is 4.74 Å². The molecule has 0 bridgehead atoms. The van der Waals surface area contributed by atoms with E-state index in [9.17, 15) is 0 Å². The molecule has 1 aromatic carbocycles. The van der Waals surface area contributed by atoms with Gasteiger partial charge in [0.25, 0.3) is 0 Å². The van der Waals surface area contributed by atoms with Gasteiger partial charge in [-0.05, 0) is 77.8 Å². The Morgan fingerprint density at radius 1 is 1.32 bits per heavy atom. The molecule has 1 atom stereocenters. The lowest BCUT2D eigenvalue weighted by atomic mass is 10.1. The summed E-state index contributed by atoms with van der Waals surface area (Å²) in [7, 11) is 0. The Kier molecular flexibility index (Phi) is 6.34. The van der Waals surface area contributed by atoms with Crippen molar-refractivity contribution < 1.29 is 4.74 Å². The van der Waals surface area contributed by atoms with Crippen LogP contribution in [0.4, 0.5) is 0 Å². The van der Waals surface area contributed by atoms with Crippen molar-refractivity contribution >= 4 is 15.9 Å². The van der Waals surface area contributed by atoms with Gasteiger partial charge in [-0.25, -0.2) is 0 Å². The molecule has 0 aliphatic rings. The van der Waals surface area contributed by atoms with Crippen LogP contribution in [0.5, 0.6) is 5.75 Å². The Balaban J connectivity index is 2.33. The largest absolute Gasteiger partial charge is 0.490 e. The number of benzene rings is 1. The molecular formula is C16H26BrNO. The molecule has 19 heavy (non-hydrogen) atoms. The van der Waals surface area contributed by atoms with E-state index in [0.717, 1.165) is 29.6 Å². The van der Waals surface area contributed by atoms with Gasteiger partial charge in [0.05, 0.1) is 6.10 Å². The summed E-state index contributed by atoms with van der Waals surface area (Å²) in [6, 6.07) is 6.14. The summed E-state index contributed by atoms with van der Waals surface area (Å²) in [6.07, 6.45) is 2.45. The van der Waals surface area contributed by atoms with Gasteiger partial charge in [-0.1, -0.05) is 15.9 Å². The molecule has 0 spiro atoms. The predicted octanol–water partition coefficient (Wildman–Crippen LogP) is 4.69. The van der Waals surface area contributed by atoms with Crippen LogP contribution in [-0.4, -0.2) is 18.2 Å². The lowest BCUT2D eigenvalue weighted by molar-refractivity contribution is 0.204. The molecule has 0 radical (unpaired) electrons. The van der Waals surface area contributed by atoms with E-state index >= 15 is 0 Å². The zero-order valence-corrected chi connectivity index (χ0v) is 14.3. The Hall–Kier alpha value is -0.540. The van der Waals surface area contributed by atoms with E-state index < -0.39 is 0 Å². The maximum absolute atomic E-state index is 5.98. The first-order chi connectivity index (χ1) is 8.78. The van der Waals surface area contributed by atoms with Gasteiger partial charge in [0.15, 0.2) is 0 Å². The number of nitrogens with one attached hydrogen (secondary N) is 1. The first-order valence-corrected chi connectivity index (χ1v) is 7.75. The Labute approximate surface area is 126 Å². The number of halogens is 1. The third kappa shape index (κ3) is 6.98. The first-order valence-electron chi connectivity index (χ1n) is 6.96. The second-order valence-corrected chi connectivity index (χ2v) is 7.07. The molecule has 1 aromatic rings. The topological polar surface area (TPSA) is 21.3 Å². The predicted molar refractivity (Wildman–Crippen MR) is 86.0 cm³/mol. The average Bonchev–Trinajstić information content (AvgIpc) is 2.27. The van der Waals surface area contributed by atoms with Gasteiger partial charge in [-0.3, -0.25) is 0 Å². The zero-order valence-electron chi connectivity index (χ0n) is 12.7. The minimum absolute atomic E-state index is 0.201. The minimum Gasteiger partial charge on any atom is -0.490 e. The van der Waals surface area contributed by atoms with E-state index in [-0.39, 0.29) is 11.6 Å². The minimum atomic E-state index is 0.201. The number of aryl methyl sites for hydroxylation is 1. The van der Waals surface area contributed by atoms with Gasteiger partial charge in [0, 0.05) is 10.0 Å². The molecule has 0 amide bonds. The SMILES string of the molecule is Cc1cc(Br)ccc1OC(C)CCCNC(C)(C)C. The van der Waals surface area contributed by atoms with Gasteiger partial charge in [-0.15, -0.1) is 0 Å². The smallest absolute Gasteiger partial charge is 0.122 e. The van der Waals surface area contributed by atoms with Crippen LogP contribution in [0.3, 0.4) is 0 Å². The molecule has 0 aliphatic carbocycles. The molecule has 3 heteroatoms. The van der Waals surface area contributed by atoms with Crippen LogP contribution in [0.2, 0.25) is 0 Å². The van der Waals surface area contributed by atoms with Gasteiger partial charge in [0.2, 0.25) is 0 Å². The molecule has 0 aromatic heterocycles. The molecule has 0 aliphatic heterocycles. The fourth-order valence-corrected chi connectivity index (χ4v) is 2.35. The van der Waals surface area contributed by atoms with Crippen molar-refractivity contribution in [1.82, 2.24) is 5.32 Å². The lowest BCUT2D eigenvalue weighted by Gasteiger charge is -2.21. The monoisotopic (exact) mass is 327 g/mol. The molecule has 1 unspecified atom stereocenters. The summed E-state index contributed by atoms with van der Waals surface area (Å²) in [5.74, 6) is 0.986. The Bertz CT molecular complexity index is 398. The lowest BCUT2D eigenvalue weighted by Crippen LogP contribution is -2.36. The van der Waals surface area contributed by atoms with Crippen LogP contribution < -0.4 is 10.1 Å². The summed E-state index contributed by atoms with van der Waals surface area (Å²) < 4.78 is 7.08. The van der Waals surface area contributed by atoms with E-state index in [1.165, 1.54) is 5.56 Å². The molecule has 108 valence electrons. The van der Waals surface area contributed by atoms with Crippen LogP contribution in [0.25, 0.3) is 0 Å². The zero-order chi connectivity index (χ0) is 14.5. The highest BCUT2D eigenvalue weighted by Crippen LogP contribution is 2.23. The molecule has 1 N–H and O–H groups in total. The van der Waals surface area contributed by atoms with Crippen LogP contribution in [-0.2, 0) is 0 Å². The molecule has 0 saturated heterocycles. The number of rotatable bonds is 6. The maximum atomic E-state index is 5.98. The fraction of sp³-hybridized carbons (Fsp3) is 0.625. The van der Waals surface area contributed by atoms with E-state index in [0.29, 0.717) is 0 Å². The molecule has 0 saturated carbocycles. The first kappa shape index (κ1) is 16.5. The highest BCUT2D eigenvalue weighted by molar-refractivity contribution is 9.10. The highest BCUT2D eigenvalue weighted by Gasteiger charge is 2.10. The number of ether oxygens (including phenoxy) is 1. The Morgan fingerprint density at radius 3 is 2.58 bits per heavy atom. The standard InChI is InChI=1S/C16H26BrNO/c1-12-11-14(17)8-9-15(12)19-13(2)7-6-10-18-16(3,4)5/h8-9,11,13,18H,6-7,10H2,1-5H3. The van der Waals surface area contributed by atoms with Gasteiger partial charge < -0.3 is 10.1 Å². The van der Waals surface area contributed by atoms with E-state index in [1.54, 1.807) is 0 Å². The average molecular weight is 328 g/mol. The fourth-order valence-electron chi connectivity index (χ4n) is 1.87. The van der Waals surface area contributed by atoms with Gasteiger partial charge in [-0.2, -0.15) is 0 Å². The van der Waals surface area contributed by atoms with Crippen molar-refractivity contribution in [2.24, 2.45) is 0 Å². The highest BCUT2D eigenvalue weighted by atomic mass is 79.9. The van der Waals surface area contributed by atoms with Crippen molar-refractivity contribution in [2.75, 3.05) is 6.54 Å². The quantitative estimate of drug-likeness (QED) is 0.765.